The summed E-state index contributed by atoms with van der Waals surface area (Å²) in [6.07, 6.45) is 0. The molecular formula is C55H45BN2OS. The fourth-order valence-electron chi connectivity index (χ4n) is 11.2. The number of furan rings is 1. The maximum atomic E-state index is 7.36. The molecule has 0 saturated carbocycles. The zero-order chi connectivity index (χ0) is 40.8. The molecule has 0 spiro atoms. The third-order valence-corrected chi connectivity index (χ3v) is 15.4. The number of hydrogen-bond donors (Lipinski definition) is 0. The van der Waals surface area contributed by atoms with Gasteiger partial charge in [0, 0.05) is 58.7 Å². The summed E-state index contributed by atoms with van der Waals surface area (Å²) in [5, 5.41) is 6.39. The Labute approximate surface area is 355 Å². The van der Waals surface area contributed by atoms with E-state index in [1.165, 1.54) is 114 Å². The second-order valence-corrected chi connectivity index (χ2v) is 21.2. The molecule has 1 aliphatic carbocycles. The van der Waals surface area contributed by atoms with E-state index in [0.717, 1.165) is 11.2 Å². The average molecular weight is 793 g/mol. The Morgan fingerprint density at radius 1 is 0.567 bits per heavy atom. The van der Waals surface area contributed by atoms with Crippen LogP contribution in [0.5, 0.6) is 0 Å². The van der Waals surface area contributed by atoms with Crippen molar-refractivity contribution >= 4 is 93.6 Å². The van der Waals surface area contributed by atoms with Gasteiger partial charge in [0.2, 0.25) is 0 Å². The Bertz CT molecular complexity index is 3550. The van der Waals surface area contributed by atoms with Crippen molar-refractivity contribution in [2.75, 3.05) is 4.81 Å². The molecule has 0 saturated heterocycles. The molecule has 7 aromatic carbocycles. The maximum Gasteiger partial charge on any atom is 0.375 e. The van der Waals surface area contributed by atoms with Crippen molar-refractivity contribution in [1.29, 1.82) is 0 Å². The summed E-state index contributed by atoms with van der Waals surface area (Å²) < 4.78 is 12.6. The number of aromatic nitrogens is 1. The third kappa shape index (κ3) is 4.36. The Hall–Kier alpha value is -6.04. The smallest absolute Gasteiger partial charge is 0.375 e. The average Bonchev–Trinajstić information content (AvgIpc) is 3.95. The highest BCUT2D eigenvalue weighted by Gasteiger charge is 2.48. The Kier molecular flexibility index (Phi) is 6.50. The summed E-state index contributed by atoms with van der Waals surface area (Å²) in [4.78, 5) is 2.63. The first-order chi connectivity index (χ1) is 28.8. The second-order valence-electron chi connectivity index (χ2n) is 20.2. The highest BCUT2D eigenvalue weighted by molar-refractivity contribution is 7.25. The van der Waals surface area contributed by atoms with Crippen molar-refractivity contribution in [3.63, 3.8) is 0 Å². The highest BCUT2D eigenvalue weighted by atomic mass is 32.1. The van der Waals surface area contributed by atoms with E-state index in [4.69, 9.17) is 4.42 Å². The maximum absolute atomic E-state index is 7.36. The Morgan fingerprint density at radius 3 is 2.12 bits per heavy atom. The number of benzene rings is 7. The standard InChI is InChI=1S/C55H45BN2OS/c1-53(2,3)30-17-20-32(21-18-30)58-45-28-43-37(33-13-9-11-15-42(33)55(43,7)8)26-38(45)35-22-23-36-39-27-40-34-14-10-12-16-47(34)60-48(40)29-44(39)57-50(36)49(35)56(58)52-51(57)41-25-31(54(4,5)6)19-24-46(41)59-52/h9-29H,1-8H3. The number of rotatable bonds is 1. The molecule has 0 bridgehead atoms. The van der Waals surface area contributed by atoms with Gasteiger partial charge in [0.15, 0.2) is 0 Å². The summed E-state index contributed by atoms with van der Waals surface area (Å²) in [6.45, 7) is 18.4. The molecule has 290 valence electrons. The Balaban J connectivity index is 1.20. The minimum absolute atomic E-state index is 0.0230. The van der Waals surface area contributed by atoms with Gasteiger partial charge in [0.1, 0.15) is 11.2 Å². The molecular weight excluding hydrogens is 747 g/mol. The molecule has 0 radical (unpaired) electrons. The minimum atomic E-state index is -0.194. The van der Waals surface area contributed by atoms with Crippen molar-refractivity contribution < 1.29 is 4.42 Å². The van der Waals surface area contributed by atoms with Crippen LogP contribution in [0.4, 0.5) is 11.4 Å². The van der Waals surface area contributed by atoms with Crippen LogP contribution in [0.2, 0.25) is 0 Å². The topological polar surface area (TPSA) is 21.3 Å². The van der Waals surface area contributed by atoms with Crippen molar-refractivity contribution in [2.45, 2.75) is 71.6 Å². The molecule has 0 fully saturated rings. The first kappa shape index (κ1) is 34.8. The fraction of sp³-hybridized carbons (Fsp3) is 0.200. The Morgan fingerprint density at radius 2 is 1.32 bits per heavy atom. The fourth-order valence-corrected chi connectivity index (χ4v) is 12.3. The molecule has 5 heteroatoms. The van der Waals surface area contributed by atoms with E-state index in [1.807, 2.05) is 11.3 Å². The molecule has 0 amide bonds. The molecule has 5 heterocycles. The molecule has 0 atom stereocenters. The number of hydrogen-bond acceptors (Lipinski definition) is 3. The lowest BCUT2D eigenvalue weighted by Gasteiger charge is -2.41. The third-order valence-electron chi connectivity index (χ3n) is 14.3. The zero-order valence-electron chi connectivity index (χ0n) is 35.4. The van der Waals surface area contributed by atoms with Crippen LogP contribution in [0, 0.1) is 0 Å². The lowest BCUT2D eigenvalue weighted by atomic mass is 9.46. The lowest BCUT2D eigenvalue weighted by molar-refractivity contribution is 0.590. The van der Waals surface area contributed by atoms with Crippen molar-refractivity contribution in [1.82, 2.24) is 4.57 Å². The molecule has 10 aromatic rings. The summed E-state index contributed by atoms with van der Waals surface area (Å²) >= 11 is 1.89. The summed E-state index contributed by atoms with van der Waals surface area (Å²) in [6, 6.07) is 49.0. The number of thiophene rings is 1. The van der Waals surface area contributed by atoms with Crippen molar-refractivity contribution in [2.24, 2.45) is 0 Å². The predicted molar refractivity (Wildman–Crippen MR) is 257 cm³/mol. The van der Waals surface area contributed by atoms with Gasteiger partial charge in [-0.05, 0) is 110 Å². The summed E-state index contributed by atoms with van der Waals surface area (Å²) in [7, 11) is 0. The minimum Gasteiger partial charge on any atom is -0.466 e. The van der Waals surface area contributed by atoms with Gasteiger partial charge >= 0.3 is 6.85 Å². The largest absolute Gasteiger partial charge is 0.466 e. The van der Waals surface area contributed by atoms with Gasteiger partial charge in [-0.3, -0.25) is 0 Å². The normalized spacial score (nSPS) is 15.1. The van der Waals surface area contributed by atoms with Crippen LogP contribution < -0.4 is 15.9 Å². The van der Waals surface area contributed by atoms with Crippen molar-refractivity contribution in [3.8, 4) is 27.9 Å². The molecule has 3 aromatic heterocycles. The predicted octanol–water partition coefficient (Wildman–Crippen LogP) is 14.0. The first-order valence-corrected chi connectivity index (χ1v) is 22.3. The van der Waals surface area contributed by atoms with E-state index in [-0.39, 0.29) is 23.1 Å². The van der Waals surface area contributed by atoms with E-state index in [9.17, 15) is 0 Å². The van der Waals surface area contributed by atoms with Crippen LogP contribution in [0.25, 0.3) is 80.9 Å². The molecule has 0 unspecified atom stereocenters. The lowest BCUT2D eigenvalue weighted by Crippen LogP contribution is -2.60. The van der Waals surface area contributed by atoms with Gasteiger partial charge < -0.3 is 13.8 Å². The van der Waals surface area contributed by atoms with E-state index in [1.54, 1.807) is 0 Å². The van der Waals surface area contributed by atoms with Gasteiger partial charge in [-0.15, -0.1) is 11.3 Å². The molecule has 13 rings (SSSR count). The van der Waals surface area contributed by atoms with E-state index < -0.39 is 0 Å². The number of nitrogens with zero attached hydrogens (tertiary/aromatic N) is 2. The number of anilines is 2. The monoisotopic (exact) mass is 792 g/mol. The van der Waals surface area contributed by atoms with Crippen LogP contribution in [0.3, 0.4) is 0 Å². The highest BCUT2D eigenvalue weighted by Crippen LogP contribution is 2.55. The quantitative estimate of drug-likeness (QED) is 0.154. The van der Waals surface area contributed by atoms with Gasteiger partial charge in [0.25, 0.3) is 0 Å². The van der Waals surface area contributed by atoms with E-state index in [2.05, 4.69) is 192 Å². The van der Waals surface area contributed by atoms with Crippen LogP contribution >= 0.6 is 11.3 Å². The molecule has 60 heavy (non-hydrogen) atoms. The first-order valence-electron chi connectivity index (χ1n) is 21.5. The molecule has 0 N–H and O–H groups in total. The van der Waals surface area contributed by atoms with Crippen LogP contribution in [-0.2, 0) is 16.2 Å². The summed E-state index contributed by atoms with van der Waals surface area (Å²) in [5.41, 5.74) is 19.8. The van der Waals surface area contributed by atoms with E-state index in [0.29, 0.717) is 0 Å². The van der Waals surface area contributed by atoms with Crippen LogP contribution in [0.1, 0.15) is 77.6 Å². The van der Waals surface area contributed by atoms with Gasteiger partial charge in [0.05, 0.1) is 16.7 Å². The van der Waals surface area contributed by atoms with Crippen LogP contribution in [-0.4, -0.2) is 11.4 Å². The number of fused-ring (bicyclic) bond motifs is 16. The second kappa shape index (κ2) is 11.2. The van der Waals surface area contributed by atoms with E-state index >= 15 is 0 Å². The molecule has 2 aliphatic heterocycles. The zero-order valence-corrected chi connectivity index (χ0v) is 36.2. The van der Waals surface area contributed by atoms with Crippen LogP contribution in [0.15, 0.2) is 132 Å². The van der Waals surface area contributed by atoms with Gasteiger partial charge in [-0.1, -0.05) is 128 Å². The molecule has 3 aliphatic rings. The summed E-state index contributed by atoms with van der Waals surface area (Å²) in [5.74, 6) is 0. The van der Waals surface area contributed by atoms with Gasteiger partial charge in [-0.25, -0.2) is 0 Å². The SMILES string of the molecule is CC(C)(C)c1ccc(N2B3c4oc5ccc(C(C)(C)C)cc5c4-n4c5cc6sc7ccccc7c6cc5c5ccc(c3c54)-c3cc4c(cc32)C(C)(C)c2ccccc2-4)cc1. The van der Waals surface area contributed by atoms with Gasteiger partial charge in [-0.2, -0.15) is 0 Å². The van der Waals surface area contributed by atoms with Crippen molar-refractivity contribution in [3.05, 3.63) is 150 Å². The molecule has 3 nitrogen and oxygen atoms in total.